The van der Waals surface area contributed by atoms with E-state index in [-0.39, 0.29) is 11.2 Å². The predicted octanol–water partition coefficient (Wildman–Crippen LogP) is 4.63. The summed E-state index contributed by atoms with van der Waals surface area (Å²) in [4.78, 5) is 14.5. The van der Waals surface area contributed by atoms with Crippen LogP contribution in [-0.2, 0) is 11.3 Å². The number of hydrogen-bond donors (Lipinski definition) is 0. The molecule has 1 aliphatic heterocycles. The first-order valence-electron chi connectivity index (χ1n) is 8.87. The summed E-state index contributed by atoms with van der Waals surface area (Å²) < 4.78 is 0. The second kappa shape index (κ2) is 8.81. The predicted molar refractivity (Wildman–Crippen MR) is 109 cm³/mol. The SMILES string of the molecule is CCC[C@@H]1S/C(=N\N=C/c2ccc(C)cc2)N(Cc2ccccc2)C1=O. The maximum absolute atomic E-state index is 12.8. The number of hydrogen-bond acceptors (Lipinski definition) is 4. The number of thioether (sulfide) groups is 1. The van der Waals surface area contributed by atoms with Crippen molar-refractivity contribution in [1.29, 1.82) is 0 Å². The summed E-state index contributed by atoms with van der Waals surface area (Å²) in [5.74, 6) is 0.130. The van der Waals surface area contributed by atoms with Gasteiger partial charge in [0, 0.05) is 0 Å². The van der Waals surface area contributed by atoms with Crippen molar-refractivity contribution in [2.24, 2.45) is 10.2 Å². The van der Waals surface area contributed by atoms with Crippen molar-refractivity contribution in [1.82, 2.24) is 4.90 Å². The van der Waals surface area contributed by atoms with Crippen molar-refractivity contribution < 1.29 is 4.79 Å². The maximum Gasteiger partial charge on any atom is 0.242 e. The van der Waals surface area contributed by atoms with E-state index in [0.29, 0.717) is 11.7 Å². The second-order valence-corrected chi connectivity index (χ2v) is 7.51. The minimum Gasteiger partial charge on any atom is -0.284 e. The van der Waals surface area contributed by atoms with Crippen molar-refractivity contribution in [2.75, 3.05) is 0 Å². The van der Waals surface area contributed by atoms with E-state index in [1.165, 1.54) is 17.3 Å². The molecule has 1 heterocycles. The van der Waals surface area contributed by atoms with E-state index in [2.05, 4.69) is 24.1 Å². The molecular formula is C21H23N3OS. The summed E-state index contributed by atoms with van der Waals surface area (Å²) in [5, 5.41) is 9.20. The van der Waals surface area contributed by atoms with Crippen LogP contribution in [0.15, 0.2) is 64.8 Å². The topological polar surface area (TPSA) is 45.0 Å². The number of aryl methyl sites for hydroxylation is 1. The van der Waals surface area contributed by atoms with Crippen molar-refractivity contribution in [2.45, 2.75) is 38.5 Å². The Morgan fingerprint density at radius 2 is 1.85 bits per heavy atom. The Morgan fingerprint density at radius 1 is 1.12 bits per heavy atom. The maximum atomic E-state index is 12.8. The van der Waals surface area contributed by atoms with Crippen LogP contribution in [0.3, 0.4) is 0 Å². The van der Waals surface area contributed by atoms with Gasteiger partial charge in [0.05, 0.1) is 18.0 Å². The number of rotatable bonds is 6. The van der Waals surface area contributed by atoms with Gasteiger partial charge < -0.3 is 0 Å². The zero-order valence-corrected chi connectivity index (χ0v) is 15.9. The number of amides is 1. The Kier molecular flexibility index (Phi) is 6.23. The lowest BCUT2D eigenvalue weighted by Crippen LogP contribution is -2.31. The van der Waals surface area contributed by atoms with Crippen LogP contribution in [0.4, 0.5) is 0 Å². The molecule has 134 valence electrons. The van der Waals surface area contributed by atoms with Crippen molar-refractivity contribution in [3.05, 3.63) is 71.3 Å². The Bertz CT molecular complexity index is 800. The zero-order valence-electron chi connectivity index (χ0n) is 15.1. The number of nitrogens with zero attached hydrogens (tertiary/aromatic N) is 3. The molecule has 0 bridgehead atoms. The first-order valence-corrected chi connectivity index (χ1v) is 9.75. The largest absolute Gasteiger partial charge is 0.284 e. The average Bonchev–Trinajstić information content (AvgIpc) is 2.94. The third-order valence-corrected chi connectivity index (χ3v) is 5.42. The molecule has 1 fully saturated rings. The van der Waals surface area contributed by atoms with Gasteiger partial charge in [-0.05, 0) is 24.5 Å². The summed E-state index contributed by atoms with van der Waals surface area (Å²) in [5.41, 5.74) is 3.30. The van der Waals surface area contributed by atoms with Crippen LogP contribution in [-0.4, -0.2) is 27.4 Å². The Hall–Kier alpha value is -2.40. The molecule has 1 saturated heterocycles. The van der Waals surface area contributed by atoms with Gasteiger partial charge in [0.15, 0.2) is 5.17 Å². The fourth-order valence-electron chi connectivity index (χ4n) is 2.74. The molecule has 5 heteroatoms. The number of carbonyl (C=O) groups is 1. The minimum atomic E-state index is -0.0583. The summed E-state index contributed by atoms with van der Waals surface area (Å²) >= 11 is 1.52. The van der Waals surface area contributed by atoms with Crippen LogP contribution in [0, 0.1) is 6.92 Å². The Labute approximate surface area is 159 Å². The van der Waals surface area contributed by atoms with Gasteiger partial charge in [0.2, 0.25) is 5.91 Å². The summed E-state index contributed by atoms with van der Waals surface area (Å²) in [6.45, 7) is 4.68. The molecule has 4 nitrogen and oxygen atoms in total. The molecular weight excluding hydrogens is 342 g/mol. The number of benzene rings is 2. The smallest absolute Gasteiger partial charge is 0.242 e. The minimum absolute atomic E-state index is 0.0583. The van der Waals surface area contributed by atoms with Crippen molar-refractivity contribution in [3.63, 3.8) is 0 Å². The normalized spacial score (nSPS) is 19.0. The standard InChI is InChI=1S/C21H23N3OS/c1-3-7-19-20(25)24(15-18-8-5-4-6-9-18)21(26-19)23-22-14-17-12-10-16(2)11-13-17/h4-6,8-14,19H,3,7,15H2,1-2H3/b22-14-,23-21-/t19-/m0/s1. The molecule has 0 saturated carbocycles. The van der Waals surface area contributed by atoms with Gasteiger partial charge >= 0.3 is 0 Å². The van der Waals surface area contributed by atoms with E-state index in [9.17, 15) is 4.79 Å². The van der Waals surface area contributed by atoms with Gasteiger partial charge in [0.25, 0.3) is 0 Å². The first kappa shape index (κ1) is 18.4. The molecule has 0 aliphatic carbocycles. The highest BCUT2D eigenvalue weighted by atomic mass is 32.2. The molecule has 3 rings (SSSR count). The van der Waals surface area contributed by atoms with Gasteiger partial charge in [-0.1, -0.05) is 85.3 Å². The van der Waals surface area contributed by atoms with E-state index in [0.717, 1.165) is 24.0 Å². The Morgan fingerprint density at radius 3 is 2.54 bits per heavy atom. The van der Waals surface area contributed by atoms with Crippen molar-refractivity contribution >= 4 is 29.1 Å². The summed E-state index contributed by atoms with van der Waals surface area (Å²) in [6.07, 6.45) is 3.56. The average molecular weight is 366 g/mol. The lowest BCUT2D eigenvalue weighted by Gasteiger charge is -2.15. The van der Waals surface area contributed by atoms with Crippen LogP contribution in [0.2, 0.25) is 0 Å². The van der Waals surface area contributed by atoms with Gasteiger partial charge in [0.1, 0.15) is 0 Å². The van der Waals surface area contributed by atoms with Crippen LogP contribution in [0.1, 0.15) is 36.5 Å². The quantitative estimate of drug-likeness (QED) is 0.553. The van der Waals surface area contributed by atoms with E-state index in [1.807, 2.05) is 54.6 Å². The van der Waals surface area contributed by atoms with E-state index < -0.39 is 0 Å². The molecule has 2 aromatic rings. The van der Waals surface area contributed by atoms with Gasteiger partial charge in [-0.2, -0.15) is 5.10 Å². The van der Waals surface area contributed by atoms with E-state index in [4.69, 9.17) is 0 Å². The van der Waals surface area contributed by atoms with Crippen LogP contribution in [0.5, 0.6) is 0 Å². The zero-order chi connectivity index (χ0) is 18.4. The third-order valence-electron chi connectivity index (χ3n) is 4.18. The third kappa shape index (κ3) is 4.61. The molecule has 0 N–H and O–H groups in total. The van der Waals surface area contributed by atoms with Gasteiger partial charge in [-0.3, -0.25) is 9.69 Å². The Balaban J connectivity index is 1.79. The van der Waals surface area contributed by atoms with Gasteiger partial charge in [-0.15, -0.1) is 5.10 Å². The highest BCUT2D eigenvalue weighted by Crippen LogP contribution is 2.31. The van der Waals surface area contributed by atoms with Crippen LogP contribution < -0.4 is 0 Å². The molecule has 2 aromatic carbocycles. The van der Waals surface area contributed by atoms with E-state index in [1.54, 1.807) is 11.1 Å². The summed E-state index contributed by atoms with van der Waals surface area (Å²) in [6, 6.07) is 18.1. The molecule has 0 radical (unpaired) electrons. The second-order valence-electron chi connectivity index (χ2n) is 6.34. The number of carbonyl (C=O) groups excluding carboxylic acids is 1. The van der Waals surface area contributed by atoms with Crippen molar-refractivity contribution in [3.8, 4) is 0 Å². The molecule has 26 heavy (non-hydrogen) atoms. The fraction of sp³-hybridized carbons (Fsp3) is 0.286. The van der Waals surface area contributed by atoms with Gasteiger partial charge in [-0.25, -0.2) is 0 Å². The molecule has 0 unspecified atom stereocenters. The fourth-order valence-corrected chi connectivity index (χ4v) is 3.95. The molecule has 1 amide bonds. The summed E-state index contributed by atoms with van der Waals surface area (Å²) in [7, 11) is 0. The highest BCUT2D eigenvalue weighted by molar-refractivity contribution is 8.15. The lowest BCUT2D eigenvalue weighted by molar-refractivity contribution is -0.126. The van der Waals surface area contributed by atoms with Crippen LogP contribution >= 0.6 is 11.8 Å². The lowest BCUT2D eigenvalue weighted by atomic mass is 10.2. The van der Waals surface area contributed by atoms with Crippen LogP contribution in [0.25, 0.3) is 0 Å². The first-order chi connectivity index (χ1) is 12.7. The molecule has 1 aliphatic rings. The molecule has 0 aromatic heterocycles. The van der Waals surface area contributed by atoms with E-state index >= 15 is 0 Å². The number of amidine groups is 1. The monoisotopic (exact) mass is 365 g/mol. The molecule has 0 spiro atoms. The highest BCUT2D eigenvalue weighted by Gasteiger charge is 2.37. The molecule has 1 atom stereocenters.